The fraction of sp³-hybridized carbons (Fsp3) is 0.667. The van der Waals surface area contributed by atoms with Crippen molar-refractivity contribution in [3.8, 4) is 0 Å². The average Bonchev–Trinajstić information content (AvgIpc) is 2.63. The van der Waals surface area contributed by atoms with Crippen LogP contribution in [0.4, 0.5) is 5.69 Å². The highest BCUT2D eigenvalue weighted by molar-refractivity contribution is 5.93. The van der Waals surface area contributed by atoms with Crippen LogP contribution in [0.25, 0.3) is 0 Å². The van der Waals surface area contributed by atoms with E-state index >= 15 is 0 Å². The van der Waals surface area contributed by atoms with Gasteiger partial charge in [-0.05, 0) is 43.7 Å². The number of rotatable bonds is 4. The average molecular weight is 317 g/mol. The van der Waals surface area contributed by atoms with Crippen molar-refractivity contribution >= 4 is 11.6 Å². The second-order valence-electron chi connectivity index (χ2n) is 6.60. The number of nitrogens with one attached hydrogen (secondary N) is 1. The molecule has 23 heavy (non-hydrogen) atoms. The summed E-state index contributed by atoms with van der Waals surface area (Å²) in [6.07, 6.45) is 7.61. The molecule has 0 unspecified atom stereocenters. The van der Waals surface area contributed by atoms with Crippen LogP contribution in [0.3, 0.4) is 0 Å². The van der Waals surface area contributed by atoms with Crippen LogP contribution in [-0.2, 0) is 4.74 Å². The second-order valence-corrected chi connectivity index (χ2v) is 6.60. The van der Waals surface area contributed by atoms with Gasteiger partial charge in [-0.2, -0.15) is 0 Å². The van der Waals surface area contributed by atoms with Gasteiger partial charge in [0, 0.05) is 31.0 Å². The molecule has 0 spiro atoms. The van der Waals surface area contributed by atoms with Gasteiger partial charge in [-0.3, -0.25) is 9.78 Å². The van der Waals surface area contributed by atoms with E-state index in [0.717, 1.165) is 50.8 Å². The Kier molecular flexibility index (Phi) is 5.49. The Bertz CT molecular complexity index is 521. The van der Waals surface area contributed by atoms with E-state index in [0.29, 0.717) is 11.7 Å². The van der Waals surface area contributed by atoms with Crippen LogP contribution in [0.5, 0.6) is 0 Å². The van der Waals surface area contributed by atoms with E-state index < -0.39 is 0 Å². The SMILES string of the molecule is CCC1CCC(NC(=O)c2cc(N3CCOCC3)ccn2)CC1. The third kappa shape index (κ3) is 4.22. The molecule has 0 aromatic carbocycles. The number of aromatic nitrogens is 1. The lowest BCUT2D eigenvalue weighted by molar-refractivity contribution is 0.0916. The van der Waals surface area contributed by atoms with Gasteiger partial charge in [0.05, 0.1) is 13.2 Å². The highest BCUT2D eigenvalue weighted by atomic mass is 16.5. The Hall–Kier alpha value is -1.62. The van der Waals surface area contributed by atoms with Crippen molar-refractivity contribution < 1.29 is 9.53 Å². The highest BCUT2D eigenvalue weighted by Crippen LogP contribution is 2.26. The summed E-state index contributed by atoms with van der Waals surface area (Å²) in [7, 11) is 0. The van der Waals surface area contributed by atoms with Crippen LogP contribution in [0.15, 0.2) is 18.3 Å². The minimum absolute atomic E-state index is 0.0416. The zero-order chi connectivity index (χ0) is 16.1. The zero-order valence-corrected chi connectivity index (χ0v) is 14.0. The lowest BCUT2D eigenvalue weighted by atomic mass is 9.84. The fourth-order valence-electron chi connectivity index (χ4n) is 3.54. The van der Waals surface area contributed by atoms with Crippen LogP contribution in [0.1, 0.15) is 49.5 Å². The van der Waals surface area contributed by atoms with Gasteiger partial charge in [-0.1, -0.05) is 13.3 Å². The topological polar surface area (TPSA) is 54.5 Å². The first-order chi connectivity index (χ1) is 11.3. The van der Waals surface area contributed by atoms with Gasteiger partial charge < -0.3 is 15.0 Å². The zero-order valence-electron chi connectivity index (χ0n) is 14.0. The summed E-state index contributed by atoms with van der Waals surface area (Å²) >= 11 is 0. The second kappa shape index (κ2) is 7.77. The van der Waals surface area contributed by atoms with Gasteiger partial charge >= 0.3 is 0 Å². The minimum atomic E-state index is -0.0416. The van der Waals surface area contributed by atoms with Gasteiger partial charge in [0.15, 0.2) is 0 Å². The molecule has 1 saturated carbocycles. The first-order valence-corrected chi connectivity index (χ1v) is 8.86. The molecule has 2 fully saturated rings. The maximum atomic E-state index is 12.5. The van der Waals surface area contributed by atoms with Gasteiger partial charge in [-0.15, -0.1) is 0 Å². The summed E-state index contributed by atoms with van der Waals surface area (Å²) in [6, 6.07) is 4.17. The van der Waals surface area contributed by atoms with E-state index in [-0.39, 0.29) is 5.91 Å². The number of hydrogen-bond donors (Lipinski definition) is 1. The third-order valence-electron chi connectivity index (χ3n) is 5.11. The van der Waals surface area contributed by atoms with Crippen molar-refractivity contribution in [1.29, 1.82) is 0 Å². The number of morpholine rings is 1. The number of carbonyl (C=O) groups excluding carboxylic acids is 1. The third-order valence-corrected chi connectivity index (χ3v) is 5.11. The first kappa shape index (κ1) is 16.2. The van der Waals surface area contributed by atoms with Gasteiger partial charge in [0.2, 0.25) is 0 Å². The molecule has 126 valence electrons. The Balaban J connectivity index is 1.59. The number of nitrogens with zero attached hydrogens (tertiary/aromatic N) is 2. The molecule has 1 amide bonds. The number of ether oxygens (including phenoxy) is 1. The van der Waals surface area contributed by atoms with Crippen LogP contribution < -0.4 is 10.2 Å². The molecule has 3 rings (SSSR count). The fourth-order valence-corrected chi connectivity index (χ4v) is 3.54. The quantitative estimate of drug-likeness (QED) is 0.927. The molecule has 1 aliphatic heterocycles. The summed E-state index contributed by atoms with van der Waals surface area (Å²) in [6.45, 7) is 5.47. The monoisotopic (exact) mass is 317 g/mol. The number of pyridine rings is 1. The first-order valence-electron chi connectivity index (χ1n) is 8.86. The maximum absolute atomic E-state index is 12.5. The Labute approximate surface area is 138 Å². The molecule has 0 radical (unpaired) electrons. The smallest absolute Gasteiger partial charge is 0.270 e. The predicted octanol–water partition coefficient (Wildman–Crippen LogP) is 2.62. The Morgan fingerprint density at radius 3 is 2.74 bits per heavy atom. The van der Waals surface area contributed by atoms with E-state index in [1.54, 1.807) is 6.20 Å². The molecule has 1 aromatic rings. The van der Waals surface area contributed by atoms with E-state index in [9.17, 15) is 4.79 Å². The van der Waals surface area contributed by atoms with Crippen molar-refractivity contribution in [3.05, 3.63) is 24.0 Å². The standard InChI is InChI=1S/C18H27N3O2/c1-2-14-3-5-15(6-4-14)20-18(22)17-13-16(7-8-19-17)21-9-11-23-12-10-21/h7-8,13-15H,2-6,9-12H2,1H3,(H,20,22). The number of carbonyl (C=O) groups is 1. The predicted molar refractivity (Wildman–Crippen MR) is 90.8 cm³/mol. The van der Waals surface area contributed by atoms with Gasteiger partial charge in [-0.25, -0.2) is 0 Å². The number of amides is 1. The Morgan fingerprint density at radius 2 is 2.04 bits per heavy atom. The van der Waals surface area contributed by atoms with Crippen molar-refractivity contribution in [1.82, 2.24) is 10.3 Å². The van der Waals surface area contributed by atoms with Crippen LogP contribution in [0.2, 0.25) is 0 Å². The Morgan fingerprint density at radius 1 is 1.30 bits per heavy atom. The molecular weight excluding hydrogens is 290 g/mol. The molecule has 1 N–H and O–H groups in total. The normalized spacial score (nSPS) is 25.2. The van der Waals surface area contributed by atoms with E-state index in [1.807, 2.05) is 12.1 Å². The molecule has 0 atom stereocenters. The number of hydrogen-bond acceptors (Lipinski definition) is 4. The molecule has 5 heteroatoms. The van der Waals surface area contributed by atoms with Crippen LogP contribution in [-0.4, -0.2) is 43.2 Å². The molecule has 1 saturated heterocycles. The lowest BCUT2D eigenvalue weighted by Gasteiger charge is -2.29. The summed E-state index contributed by atoms with van der Waals surface area (Å²) in [5, 5.41) is 3.17. The summed E-state index contributed by atoms with van der Waals surface area (Å²) in [5.74, 6) is 0.797. The van der Waals surface area contributed by atoms with E-state index in [2.05, 4.69) is 22.1 Å². The maximum Gasteiger partial charge on any atom is 0.270 e. The highest BCUT2D eigenvalue weighted by Gasteiger charge is 2.22. The molecular formula is C18H27N3O2. The summed E-state index contributed by atoms with van der Waals surface area (Å²) in [5.41, 5.74) is 1.58. The molecule has 2 heterocycles. The van der Waals surface area contributed by atoms with E-state index in [4.69, 9.17) is 4.74 Å². The molecule has 5 nitrogen and oxygen atoms in total. The van der Waals surface area contributed by atoms with Crippen molar-refractivity contribution in [2.45, 2.75) is 45.1 Å². The van der Waals surface area contributed by atoms with Crippen molar-refractivity contribution in [2.24, 2.45) is 5.92 Å². The van der Waals surface area contributed by atoms with Gasteiger partial charge in [0.1, 0.15) is 5.69 Å². The number of anilines is 1. The van der Waals surface area contributed by atoms with Crippen LogP contribution in [0, 0.1) is 5.92 Å². The molecule has 0 bridgehead atoms. The van der Waals surface area contributed by atoms with Gasteiger partial charge in [0.25, 0.3) is 5.91 Å². The van der Waals surface area contributed by atoms with Crippen molar-refractivity contribution in [3.63, 3.8) is 0 Å². The lowest BCUT2D eigenvalue weighted by Crippen LogP contribution is -2.38. The molecule has 2 aliphatic rings. The minimum Gasteiger partial charge on any atom is -0.378 e. The molecule has 1 aromatic heterocycles. The van der Waals surface area contributed by atoms with E-state index in [1.165, 1.54) is 19.3 Å². The van der Waals surface area contributed by atoms with Crippen LogP contribution >= 0.6 is 0 Å². The molecule has 1 aliphatic carbocycles. The summed E-state index contributed by atoms with van der Waals surface area (Å²) < 4.78 is 5.38. The van der Waals surface area contributed by atoms with Crippen molar-refractivity contribution in [2.75, 3.05) is 31.2 Å². The summed E-state index contributed by atoms with van der Waals surface area (Å²) in [4.78, 5) is 19.0. The largest absolute Gasteiger partial charge is 0.378 e.